The third kappa shape index (κ3) is 7.89. The largest absolute Gasteiger partial charge is 0.480 e. The summed E-state index contributed by atoms with van der Waals surface area (Å²) in [5.74, 6) is -2.72. The average molecular weight is 287 g/mol. The van der Waals surface area contributed by atoms with E-state index in [1.54, 1.807) is 6.92 Å². The third-order valence-electron chi connectivity index (χ3n) is 3.09. The van der Waals surface area contributed by atoms with Crippen molar-refractivity contribution in [3.8, 4) is 0 Å². The summed E-state index contributed by atoms with van der Waals surface area (Å²) >= 11 is 0. The minimum Gasteiger partial charge on any atom is -0.480 e. The smallest absolute Gasteiger partial charge is 0.326 e. The number of hydrogen-bond donors (Lipinski definition) is 3. The number of carbonyl (C=O) groups excluding carboxylic acids is 2. The Labute approximate surface area is 119 Å². The normalized spacial score (nSPS) is 13.6. The first-order valence-electron chi connectivity index (χ1n) is 7.16. The van der Waals surface area contributed by atoms with E-state index in [0.717, 1.165) is 19.3 Å². The highest BCUT2D eigenvalue weighted by Crippen LogP contribution is 2.05. The quantitative estimate of drug-likeness (QED) is 0.392. The number of amides is 1. The number of ketones is 1. The number of carboxylic acids is 1. The van der Waals surface area contributed by atoms with Gasteiger partial charge >= 0.3 is 5.97 Å². The molecule has 0 aromatic heterocycles. The molecule has 0 aromatic rings. The molecule has 0 heterocycles. The van der Waals surface area contributed by atoms with Crippen LogP contribution in [0.25, 0.3) is 0 Å². The molecule has 1 amide bonds. The molecule has 0 saturated heterocycles. The Bertz CT molecular complexity index is 330. The molecule has 0 fully saturated rings. The predicted octanol–water partition coefficient (Wildman–Crippen LogP) is 1.26. The second-order valence-electron chi connectivity index (χ2n) is 4.90. The van der Waals surface area contributed by atoms with E-state index in [1.807, 2.05) is 6.92 Å². The van der Waals surface area contributed by atoms with Crippen LogP contribution in [0, 0.1) is 0 Å². The van der Waals surface area contributed by atoms with Gasteiger partial charge in [0.15, 0.2) is 0 Å². The Balaban J connectivity index is 4.24. The van der Waals surface area contributed by atoms with Gasteiger partial charge in [-0.3, -0.25) is 9.59 Å². The highest BCUT2D eigenvalue weighted by Gasteiger charge is 2.25. The summed E-state index contributed by atoms with van der Waals surface area (Å²) < 4.78 is 0. The number of nitrogens with one attached hydrogen (secondary N) is 1. The fourth-order valence-electron chi connectivity index (χ4n) is 1.72. The maximum Gasteiger partial charge on any atom is 0.326 e. The highest BCUT2D eigenvalue weighted by atomic mass is 16.4. The van der Waals surface area contributed by atoms with Gasteiger partial charge in [-0.25, -0.2) is 4.79 Å². The average Bonchev–Trinajstić information content (AvgIpc) is 2.41. The van der Waals surface area contributed by atoms with Gasteiger partial charge in [0.25, 0.3) is 5.91 Å². The first-order valence-corrected chi connectivity index (χ1v) is 7.16. The lowest BCUT2D eigenvalue weighted by atomic mass is 10.1. The summed E-state index contributed by atoms with van der Waals surface area (Å²) in [5, 5.41) is 20.6. The van der Waals surface area contributed by atoms with Crippen LogP contribution < -0.4 is 5.32 Å². The van der Waals surface area contributed by atoms with Crippen LogP contribution in [0.15, 0.2) is 0 Å². The Morgan fingerprint density at radius 3 is 2.25 bits per heavy atom. The van der Waals surface area contributed by atoms with E-state index in [-0.39, 0.29) is 12.8 Å². The number of carboxylic acid groups (broad SMARTS) is 1. The van der Waals surface area contributed by atoms with Crippen LogP contribution in [0.4, 0.5) is 0 Å². The predicted molar refractivity (Wildman–Crippen MR) is 74.2 cm³/mol. The zero-order valence-electron chi connectivity index (χ0n) is 12.2. The van der Waals surface area contributed by atoms with E-state index < -0.39 is 29.8 Å². The van der Waals surface area contributed by atoms with Crippen molar-refractivity contribution < 1.29 is 24.6 Å². The van der Waals surface area contributed by atoms with Crippen LogP contribution in [0.1, 0.15) is 58.8 Å². The lowest BCUT2D eigenvalue weighted by molar-refractivity contribution is -0.145. The monoisotopic (exact) mass is 287 g/mol. The van der Waals surface area contributed by atoms with E-state index in [4.69, 9.17) is 5.11 Å². The molecule has 0 aromatic carbocycles. The van der Waals surface area contributed by atoms with Crippen LogP contribution in [0.5, 0.6) is 0 Å². The molecule has 0 aliphatic rings. The van der Waals surface area contributed by atoms with Crippen molar-refractivity contribution in [1.29, 1.82) is 0 Å². The molecule has 20 heavy (non-hydrogen) atoms. The number of aliphatic hydroxyl groups excluding tert-OH is 1. The molecule has 0 unspecified atom stereocenters. The summed E-state index contributed by atoms with van der Waals surface area (Å²) in [5.41, 5.74) is 0. The summed E-state index contributed by atoms with van der Waals surface area (Å²) in [6.45, 7) is 3.76. The molecule has 6 nitrogen and oxygen atoms in total. The van der Waals surface area contributed by atoms with Gasteiger partial charge in [0.05, 0.1) is 6.10 Å². The molecular weight excluding hydrogens is 262 g/mol. The fraction of sp³-hybridized carbons (Fsp3) is 0.786. The van der Waals surface area contributed by atoms with Gasteiger partial charge in [0.1, 0.15) is 6.04 Å². The summed E-state index contributed by atoms with van der Waals surface area (Å²) in [6.07, 6.45) is 3.18. The van der Waals surface area contributed by atoms with Gasteiger partial charge in [-0.1, -0.05) is 33.1 Å². The lowest BCUT2D eigenvalue weighted by Gasteiger charge is -2.16. The molecule has 6 heteroatoms. The molecule has 0 rings (SSSR count). The standard InChI is InChI=1S/C14H25NO5/c1-3-5-6-7-8-12(17)13(18)15-11(14(19)20)9-10(16)4-2/h10-11,16H,3-9H2,1-2H3,(H,15,18)(H,19,20)/t10-,11+/m0/s1. The van der Waals surface area contributed by atoms with Crippen LogP contribution in [-0.2, 0) is 14.4 Å². The van der Waals surface area contributed by atoms with Gasteiger partial charge < -0.3 is 15.5 Å². The highest BCUT2D eigenvalue weighted by molar-refractivity contribution is 6.36. The van der Waals surface area contributed by atoms with E-state index in [1.165, 1.54) is 0 Å². The van der Waals surface area contributed by atoms with Crippen molar-refractivity contribution in [2.75, 3.05) is 0 Å². The molecule has 0 bridgehead atoms. The van der Waals surface area contributed by atoms with Crippen molar-refractivity contribution in [3.05, 3.63) is 0 Å². The first kappa shape index (κ1) is 18.6. The molecule has 0 saturated carbocycles. The summed E-state index contributed by atoms with van der Waals surface area (Å²) in [6, 6.07) is -1.22. The molecule has 0 aliphatic carbocycles. The van der Waals surface area contributed by atoms with E-state index in [0.29, 0.717) is 12.8 Å². The molecule has 3 N–H and O–H groups in total. The van der Waals surface area contributed by atoms with Crippen LogP contribution in [0.3, 0.4) is 0 Å². The number of rotatable bonds is 11. The van der Waals surface area contributed by atoms with Crippen molar-refractivity contribution in [2.45, 2.75) is 70.9 Å². The number of aliphatic hydroxyl groups is 1. The number of unbranched alkanes of at least 4 members (excludes halogenated alkanes) is 3. The number of carbonyl (C=O) groups is 3. The lowest BCUT2D eigenvalue weighted by Crippen LogP contribution is -2.45. The van der Waals surface area contributed by atoms with Crippen molar-refractivity contribution in [2.24, 2.45) is 0 Å². The molecule has 0 aliphatic heterocycles. The number of Topliss-reactive ketones (excluding diaryl/α,β-unsaturated/α-hetero) is 1. The van der Waals surface area contributed by atoms with Gasteiger partial charge in [-0.05, 0) is 12.8 Å². The van der Waals surface area contributed by atoms with Crippen molar-refractivity contribution in [1.82, 2.24) is 5.32 Å². The zero-order valence-corrected chi connectivity index (χ0v) is 12.2. The first-order chi connectivity index (χ1) is 9.42. The van der Waals surface area contributed by atoms with E-state index in [2.05, 4.69) is 5.32 Å². The Kier molecular flexibility index (Phi) is 9.63. The van der Waals surface area contributed by atoms with Gasteiger partial charge in [0.2, 0.25) is 5.78 Å². The van der Waals surface area contributed by atoms with Crippen LogP contribution >= 0.6 is 0 Å². The zero-order chi connectivity index (χ0) is 15.5. The van der Waals surface area contributed by atoms with Gasteiger partial charge in [-0.15, -0.1) is 0 Å². The van der Waals surface area contributed by atoms with Gasteiger partial charge in [-0.2, -0.15) is 0 Å². The molecule has 116 valence electrons. The number of hydrogen-bond acceptors (Lipinski definition) is 4. The summed E-state index contributed by atoms with van der Waals surface area (Å²) in [4.78, 5) is 34.1. The summed E-state index contributed by atoms with van der Waals surface area (Å²) in [7, 11) is 0. The molecular formula is C14H25NO5. The Morgan fingerprint density at radius 1 is 1.10 bits per heavy atom. The molecule has 0 radical (unpaired) electrons. The van der Waals surface area contributed by atoms with Gasteiger partial charge in [0, 0.05) is 12.8 Å². The number of aliphatic carboxylic acids is 1. The van der Waals surface area contributed by atoms with Crippen molar-refractivity contribution >= 4 is 17.7 Å². The maximum atomic E-state index is 11.6. The maximum absolute atomic E-state index is 11.6. The Morgan fingerprint density at radius 2 is 1.75 bits per heavy atom. The molecule has 0 spiro atoms. The minimum absolute atomic E-state index is 0.0965. The van der Waals surface area contributed by atoms with Crippen LogP contribution in [-0.4, -0.2) is 40.0 Å². The fourth-order valence-corrected chi connectivity index (χ4v) is 1.72. The molecule has 2 atom stereocenters. The topological polar surface area (TPSA) is 104 Å². The minimum atomic E-state index is -1.25. The van der Waals surface area contributed by atoms with E-state index >= 15 is 0 Å². The second-order valence-corrected chi connectivity index (χ2v) is 4.90. The second kappa shape index (κ2) is 10.4. The third-order valence-corrected chi connectivity index (χ3v) is 3.09. The Hall–Kier alpha value is -1.43. The van der Waals surface area contributed by atoms with E-state index in [9.17, 15) is 19.5 Å². The SMILES string of the molecule is CCCCCCC(=O)C(=O)N[C@H](C[C@@H](O)CC)C(=O)O. The van der Waals surface area contributed by atoms with Crippen molar-refractivity contribution in [3.63, 3.8) is 0 Å². The van der Waals surface area contributed by atoms with Crippen LogP contribution in [0.2, 0.25) is 0 Å².